The maximum atomic E-state index is 12.6. The molecule has 0 aromatic heterocycles. The standard InChI is InChI=1S/C18H31N5O6S/c1-10(21-16(26)11-4-3-8-20-11)15(25)22-12(5-6-14(19)24)17(27)23-13(18(28)29)7-9-30-2/h10-13,20H,3-9H2,1-2H3,(H2,19,24)(H,21,26)(H,22,25)(H,23,27)(H,28,29). The van der Waals surface area contributed by atoms with Crippen LogP contribution < -0.4 is 27.0 Å². The quantitative estimate of drug-likeness (QED) is 0.194. The Morgan fingerprint density at radius 3 is 2.30 bits per heavy atom. The van der Waals surface area contributed by atoms with E-state index in [9.17, 15) is 29.1 Å². The summed E-state index contributed by atoms with van der Waals surface area (Å²) in [5, 5.41) is 19.8. The van der Waals surface area contributed by atoms with Crippen LogP contribution in [0.5, 0.6) is 0 Å². The van der Waals surface area contributed by atoms with Crippen molar-refractivity contribution in [2.24, 2.45) is 5.73 Å². The molecule has 4 amide bonds. The Bertz CT molecular complexity index is 641. The molecule has 1 rings (SSSR count). The highest BCUT2D eigenvalue weighted by Gasteiger charge is 2.29. The molecule has 1 heterocycles. The smallest absolute Gasteiger partial charge is 0.326 e. The van der Waals surface area contributed by atoms with Gasteiger partial charge in [-0.15, -0.1) is 0 Å². The van der Waals surface area contributed by atoms with Crippen molar-refractivity contribution in [3.63, 3.8) is 0 Å². The summed E-state index contributed by atoms with van der Waals surface area (Å²) in [5.74, 6) is -2.99. The minimum atomic E-state index is -1.19. The maximum Gasteiger partial charge on any atom is 0.326 e. The second-order valence-corrected chi connectivity index (χ2v) is 8.11. The van der Waals surface area contributed by atoms with Crippen LogP contribution in [0, 0.1) is 0 Å². The van der Waals surface area contributed by atoms with E-state index in [0.717, 1.165) is 13.0 Å². The monoisotopic (exact) mass is 445 g/mol. The van der Waals surface area contributed by atoms with Gasteiger partial charge in [-0.25, -0.2) is 4.79 Å². The van der Waals surface area contributed by atoms with E-state index in [4.69, 9.17) is 5.73 Å². The van der Waals surface area contributed by atoms with E-state index in [0.29, 0.717) is 12.2 Å². The van der Waals surface area contributed by atoms with Crippen molar-refractivity contribution in [2.75, 3.05) is 18.6 Å². The third-order valence-corrected chi connectivity index (χ3v) is 5.31. The van der Waals surface area contributed by atoms with Crippen molar-refractivity contribution in [1.29, 1.82) is 0 Å². The van der Waals surface area contributed by atoms with Gasteiger partial charge < -0.3 is 32.1 Å². The fourth-order valence-electron chi connectivity index (χ4n) is 2.91. The molecule has 0 saturated carbocycles. The van der Waals surface area contributed by atoms with Gasteiger partial charge >= 0.3 is 5.97 Å². The normalized spacial score (nSPS) is 18.7. The van der Waals surface area contributed by atoms with E-state index in [1.165, 1.54) is 18.7 Å². The number of carboxylic acid groups (broad SMARTS) is 1. The molecule has 0 aliphatic carbocycles. The average molecular weight is 446 g/mol. The van der Waals surface area contributed by atoms with E-state index in [1.807, 2.05) is 6.26 Å². The first-order valence-electron chi connectivity index (χ1n) is 9.80. The highest BCUT2D eigenvalue weighted by Crippen LogP contribution is 2.06. The summed E-state index contributed by atoms with van der Waals surface area (Å²) in [5.41, 5.74) is 5.14. The first kappa shape index (κ1) is 25.7. The molecule has 4 atom stereocenters. The minimum absolute atomic E-state index is 0.0907. The van der Waals surface area contributed by atoms with Crippen LogP contribution in [0.25, 0.3) is 0 Å². The Kier molecular flexibility index (Phi) is 11.2. The third-order valence-electron chi connectivity index (χ3n) is 4.67. The molecule has 0 bridgehead atoms. The number of nitrogens with one attached hydrogen (secondary N) is 4. The molecular formula is C18H31N5O6S. The predicted molar refractivity (Wildman–Crippen MR) is 112 cm³/mol. The number of rotatable bonds is 13. The van der Waals surface area contributed by atoms with Gasteiger partial charge in [0.05, 0.1) is 6.04 Å². The maximum absolute atomic E-state index is 12.6. The summed E-state index contributed by atoms with van der Waals surface area (Å²) in [6, 6.07) is -3.56. The Hall–Kier alpha value is -2.34. The Balaban J connectivity index is 2.73. The van der Waals surface area contributed by atoms with Gasteiger partial charge in [-0.3, -0.25) is 19.2 Å². The predicted octanol–water partition coefficient (Wildman–Crippen LogP) is -1.68. The summed E-state index contributed by atoms with van der Waals surface area (Å²) < 4.78 is 0. The average Bonchev–Trinajstić information content (AvgIpc) is 3.22. The number of hydrogen-bond acceptors (Lipinski definition) is 7. The second-order valence-electron chi connectivity index (χ2n) is 7.13. The molecule has 1 aliphatic rings. The molecule has 11 nitrogen and oxygen atoms in total. The Labute approximate surface area is 179 Å². The lowest BCUT2D eigenvalue weighted by molar-refractivity contribution is -0.142. The lowest BCUT2D eigenvalue weighted by Gasteiger charge is -2.23. The molecular weight excluding hydrogens is 414 g/mol. The van der Waals surface area contributed by atoms with Crippen molar-refractivity contribution in [3.8, 4) is 0 Å². The third kappa shape index (κ3) is 8.99. The van der Waals surface area contributed by atoms with Gasteiger partial charge in [0.15, 0.2) is 0 Å². The van der Waals surface area contributed by atoms with E-state index in [-0.39, 0.29) is 31.2 Å². The molecule has 7 N–H and O–H groups in total. The van der Waals surface area contributed by atoms with Crippen molar-refractivity contribution in [2.45, 2.75) is 63.2 Å². The SMILES string of the molecule is CSCCC(NC(=O)C(CCC(N)=O)NC(=O)C(C)NC(=O)C1CCCN1)C(=O)O. The van der Waals surface area contributed by atoms with Crippen LogP contribution in [0.4, 0.5) is 0 Å². The summed E-state index contributed by atoms with van der Waals surface area (Å²) in [7, 11) is 0. The number of amides is 4. The number of carbonyl (C=O) groups is 5. The van der Waals surface area contributed by atoms with E-state index < -0.39 is 41.8 Å². The topological polar surface area (TPSA) is 180 Å². The summed E-state index contributed by atoms with van der Waals surface area (Å²) in [4.78, 5) is 59.7. The van der Waals surface area contributed by atoms with Crippen LogP contribution in [0.1, 0.15) is 39.0 Å². The van der Waals surface area contributed by atoms with Gasteiger partial charge in [-0.1, -0.05) is 0 Å². The number of thioether (sulfide) groups is 1. The Morgan fingerprint density at radius 1 is 1.10 bits per heavy atom. The molecule has 1 saturated heterocycles. The number of carboxylic acids is 1. The zero-order chi connectivity index (χ0) is 22.7. The highest BCUT2D eigenvalue weighted by molar-refractivity contribution is 7.98. The molecule has 170 valence electrons. The molecule has 0 spiro atoms. The fourth-order valence-corrected chi connectivity index (χ4v) is 3.38. The first-order chi connectivity index (χ1) is 14.1. The van der Waals surface area contributed by atoms with Crippen LogP contribution >= 0.6 is 11.8 Å². The summed E-state index contributed by atoms with van der Waals surface area (Å²) in [6.07, 6.45) is 3.30. The van der Waals surface area contributed by atoms with Gasteiger partial charge in [0.1, 0.15) is 18.1 Å². The van der Waals surface area contributed by atoms with Gasteiger partial charge in [0.2, 0.25) is 23.6 Å². The van der Waals surface area contributed by atoms with E-state index in [2.05, 4.69) is 21.3 Å². The number of primary amides is 1. The first-order valence-corrected chi connectivity index (χ1v) is 11.2. The molecule has 4 unspecified atom stereocenters. The fraction of sp³-hybridized carbons (Fsp3) is 0.722. The molecule has 0 aromatic carbocycles. The summed E-state index contributed by atoms with van der Waals surface area (Å²) >= 11 is 1.44. The van der Waals surface area contributed by atoms with Crippen LogP contribution in [-0.4, -0.2) is 77.4 Å². The van der Waals surface area contributed by atoms with Crippen LogP contribution in [0.2, 0.25) is 0 Å². The molecule has 12 heteroatoms. The van der Waals surface area contributed by atoms with Gasteiger partial charge in [-0.2, -0.15) is 11.8 Å². The zero-order valence-electron chi connectivity index (χ0n) is 17.2. The zero-order valence-corrected chi connectivity index (χ0v) is 18.0. The van der Waals surface area contributed by atoms with Crippen molar-refractivity contribution in [3.05, 3.63) is 0 Å². The Morgan fingerprint density at radius 2 is 1.77 bits per heavy atom. The lowest BCUT2D eigenvalue weighted by Crippen LogP contribution is -2.56. The van der Waals surface area contributed by atoms with E-state index in [1.54, 1.807) is 0 Å². The molecule has 1 aliphatic heterocycles. The second kappa shape index (κ2) is 13.1. The lowest BCUT2D eigenvalue weighted by atomic mass is 10.1. The highest BCUT2D eigenvalue weighted by atomic mass is 32.2. The molecule has 30 heavy (non-hydrogen) atoms. The van der Waals surface area contributed by atoms with Crippen molar-refractivity contribution < 1.29 is 29.1 Å². The number of hydrogen-bond donors (Lipinski definition) is 6. The van der Waals surface area contributed by atoms with Gasteiger partial charge in [0.25, 0.3) is 0 Å². The number of aliphatic carboxylic acids is 1. The van der Waals surface area contributed by atoms with Gasteiger partial charge in [-0.05, 0) is 51.2 Å². The summed E-state index contributed by atoms with van der Waals surface area (Å²) in [6.45, 7) is 2.21. The van der Waals surface area contributed by atoms with Crippen LogP contribution in [0.15, 0.2) is 0 Å². The van der Waals surface area contributed by atoms with Crippen molar-refractivity contribution in [1.82, 2.24) is 21.3 Å². The number of carbonyl (C=O) groups excluding carboxylic acids is 4. The number of nitrogens with two attached hydrogens (primary N) is 1. The largest absolute Gasteiger partial charge is 0.480 e. The van der Waals surface area contributed by atoms with Crippen LogP contribution in [-0.2, 0) is 24.0 Å². The van der Waals surface area contributed by atoms with Gasteiger partial charge in [0, 0.05) is 6.42 Å². The molecule has 0 radical (unpaired) electrons. The minimum Gasteiger partial charge on any atom is -0.480 e. The molecule has 0 aromatic rings. The van der Waals surface area contributed by atoms with Crippen LogP contribution in [0.3, 0.4) is 0 Å². The molecule has 1 fully saturated rings. The van der Waals surface area contributed by atoms with E-state index >= 15 is 0 Å². The van der Waals surface area contributed by atoms with Crippen molar-refractivity contribution >= 4 is 41.4 Å².